The number of hydrogen-bond acceptors (Lipinski definition) is 4. The molecule has 0 saturated heterocycles. The van der Waals surface area contributed by atoms with Crippen LogP contribution in [0.25, 0.3) is 0 Å². The van der Waals surface area contributed by atoms with Gasteiger partial charge in [0, 0.05) is 5.69 Å². The monoisotopic (exact) mass is 223 g/mol. The van der Waals surface area contributed by atoms with E-state index in [0.717, 1.165) is 6.42 Å². The topological polar surface area (TPSA) is 61.5 Å². The third kappa shape index (κ3) is 2.66. The van der Waals surface area contributed by atoms with Gasteiger partial charge in [-0.15, -0.1) is 0 Å². The van der Waals surface area contributed by atoms with Crippen LogP contribution in [-0.2, 0) is 4.74 Å². The lowest BCUT2D eigenvalue weighted by Gasteiger charge is -2.14. The van der Waals surface area contributed by atoms with Crippen molar-refractivity contribution in [2.75, 3.05) is 12.8 Å². The standard InChI is InChI=1S/C12H17NO3/c1-4-8(2)16-12(14)11-9(13)6-5-7-10(11)15-3/h5-8H,4,13H2,1-3H3. The lowest BCUT2D eigenvalue weighted by atomic mass is 10.1. The summed E-state index contributed by atoms with van der Waals surface area (Å²) in [6.07, 6.45) is 0.637. The second-order valence-electron chi connectivity index (χ2n) is 3.55. The summed E-state index contributed by atoms with van der Waals surface area (Å²) in [5.41, 5.74) is 6.40. The summed E-state index contributed by atoms with van der Waals surface area (Å²) in [6.45, 7) is 3.78. The van der Waals surface area contributed by atoms with Gasteiger partial charge in [0.15, 0.2) is 0 Å². The van der Waals surface area contributed by atoms with Gasteiger partial charge in [-0.3, -0.25) is 0 Å². The second kappa shape index (κ2) is 5.39. The number of methoxy groups -OCH3 is 1. The molecule has 1 atom stereocenters. The fraction of sp³-hybridized carbons (Fsp3) is 0.417. The van der Waals surface area contributed by atoms with Crippen molar-refractivity contribution in [1.82, 2.24) is 0 Å². The van der Waals surface area contributed by atoms with Gasteiger partial charge >= 0.3 is 5.97 Å². The molecule has 0 aromatic heterocycles. The van der Waals surface area contributed by atoms with Crippen molar-refractivity contribution in [3.8, 4) is 5.75 Å². The highest BCUT2D eigenvalue weighted by atomic mass is 16.5. The minimum Gasteiger partial charge on any atom is -0.496 e. The number of benzene rings is 1. The smallest absolute Gasteiger partial charge is 0.344 e. The van der Waals surface area contributed by atoms with E-state index in [1.807, 2.05) is 13.8 Å². The Labute approximate surface area is 95.3 Å². The Bertz CT molecular complexity index is 377. The maximum Gasteiger partial charge on any atom is 0.344 e. The van der Waals surface area contributed by atoms with Crippen LogP contribution in [0.5, 0.6) is 5.75 Å². The van der Waals surface area contributed by atoms with Gasteiger partial charge in [-0.1, -0.05) is 13.0 Å². The van der Waals surface area contributed by atoms with Crippen molar-refractivity contribution in [1.29, 1.82) is 0 Å². The average Bonchev–Trinajstić information content (AvgIpc) is 2.28. The van der Waals surface area contributed by atoms with Crippen LogP contribution >= 0.6 is 0 Å². The van der Waals surface area contributed by atoms with E-state index in [4.69, 9.17) is 15.2 Å². The van der Waals surface area contributed by atoms with Crippen LogP contribution < -0.4 is 10.5 Å². The van der Waals surface area contributed by atoms with Crippen LogP contribution in [0.1, 0.15) is 30.6 Å². The van der Waals surface area contributed by atoms with Crippen LogP contribution in [0.3, 0.4) is 0 Å². The van der Waals surface area contributed by atoms with Gasteiger partial charge < -0.3 is 15.2 Å². The van der Waals surface area contributed by atoms with Crippen molar-refractivity contribution in [3.05, 3.63) is 23.8 Å². The zero-order valence-electron chi connectivity index (χ0n) is 9.82. The Balaban J connectivity index is 2.98. The van der Waals surface area contributed by atoms with E-state index < -0.39 is 5.97 Å². The molecule has 2 N–H and O–H groups in total. The quantitative estimate of drug-likeness (QED) is 0.628. The molecule has 0 saturated carbocycles. The first kappa shape index (κ1) is 12.4. The lowest BCUT2D eigenvalue weighted by molar-refractivity contribution is 0.0332. The number of carbonyl (C=O) groups is 1. The first-order valence-electron chi connectivity index (χ1n) is 5.23. The summed E-state index contributed by atoms with van der Waals surface area (Å²) in [4.78, 5) is 11.8. The molecule has 1 rings (SSSR count). The van der Waals surface area contributed by atoms with Gasteiger partial charge in [0.05, 0.1) is 13.2 Å². The van der Waals surface area contributed by atoms with Gasteiger partial charge in [-0.25, -0.2) is 4.79 Å². The van der Waals surface area contributed by atoms with E-state index in [9.17, 15) is 4.79 Å². The van der Waals surface area contributed by atoms with Crippen LogP contribution in [-0.4, -0.2) is 19.2 Å². The Morgan fingerprint density at radius 2 is 2.19 bits per heavy atom. The molecule has 4 nitrogen and oxygen atoms in total. The maximum absolute atomic E-state index is 11.8. The van der Waals surface area contributed by atoms with Gasteiger partial charge in [0.25, 0.3) is 0 Å². The van der Waals surface area contributed by atoms with Crippen molar-refractivity contribution >= 4 is 11.7 Å². The predicted octanol–water partition coefficient (Wildman–Crippen LogP) is 2.23. The minimum absolute atomic E-state index is 0.128. The molecule has 0 fully saturated rings. The van der Waals surface area contributed by atoms with E-state index in [1.165, 1.54) is 7.11 Å². The predicted molar refractivity (Wildman–Crippen MR) is 62.6 cm³/mol. The van der Waals surface area contributed by atoms with Crippen LogP contribution in [0, 0.1) is 0 Å². The highest BCUT2D eigenvalue weighted by Gasteiger charge is 2.18. The number of esters is 1. The maximum atomic E-state index is 11.8. The molecule has 0 aliphatic carbocycles. The average molecular weight is 223 g/mol. The summed E-state index contributed by atoms with van der Waals surface area (Å²) < 4.78 is 10.3. The molecule has 16 heavy (non-hydrogen) atoms. The fourth-order valence-corrected chi connectivity index (χ4v) is 1.26. The highest BCUT2D eigenvalue weighted by Crippen LogP contribution is 2.25. The Kier molecular flexibility index (Phi) is 4.17. The molecule has 1 unspecified atom stereocenters. The molecule has 0 aliphatic rings. The Morgan fingerprint density at radius 3 is 2.75 bits per heavy atom. The molecule has 0 amide bonds. The van der Waals surface area contributed by atoms with Crippen molar-refractivity contribution < 1.29 is 14.3 Å². The number of hydrogen-bond donors (Lipinski definition) is 1. The molecular weight excluding hydrogens is 206 g/mol. The van der Waals surface area contributed by atoms with E-state index in [-0.39, 0.29) is 6.10 Å². The van der Waals surface area contributed by atoms with Crippen molar-refractivity contribution in [2.45, 2.75) is 26.4 Å². The molecule has 0 radical (unpaired) electrons. The highest BCUT2D eigenvalue weighted by molar-refractivity contribution is 5.98. The molecule has 1 aromatic carbocycles. The van der Waals surface area contributed by atoms with E-state index in [1.54, 1.807) is 18.2 Å². The zero-order valence-corrected chi connectivity index (χ0v) is 9.82. The number of rotatable bonds is 4. The number of nitrogen functional groups attached to an aromatic ring is 1. The SMILES string of the molecule is CCC(C)OC(=O)c1c(N)cccc1OC. The van der Waals surface area contributed by atoms with Crippen LogP contribution in [0.4, 0.5) is 5.69 Å². The molecule has 0 spiro atoms. The van der Waals surface area contributed by atoms with Crippen molar-refractivity contribution in [2.24, 2.45) is 0 Å². The second-order valence-corrected chi connectivity index (χ2v) is 3.55. The number of carbonyl (C=O) groups excluding carboxylic acids is 1. The molecule has 4 heteroatoms. The molecule has 0 aliphatic heterocycles. The van der Waals surface area contributed by atoms with Crippen LogP contribution in [0.2, 0.25) is 0 Å². The van der Waals surface area contributed by atoms with Gasteiger partial charge in [-0.05, 0) is 25.5 Å². The third-order valence-corrected chi connectivity index (χ3v) is 2.37. The third-order valence-electron chi connectivity index (χ3n) is 2.37. The van der Waals surface area contributed by atoms with E-state index in [0.29, 0.717) is 17.0 Å². The summed E-state index contributed by atoms with van der Waals surface area (Å²) in [5.74, 6) is -0.00222. The fourth-order valence-electron chi connectivity index (χ4n) is 1.26. The summed E-state index contributed by atoms with van der Waals surface area (Å²) in [6, 6.07) is 5.06. The molecule has 0 bridgehead atoms. The van der Waals surface area contributed by atoms with Gasteiger partial charge in [0.1, 0.15) is 11.3 Å². The number of nitrogens with two attached hydrogens (primary N) is 1. The molecule has 0 heterocycles. The van der Waals surface area contributed by atoms with Crippen molar-refractivity contribution in [3.63, 3.8) is 0 Å². The molecular formula is C12H17NO3. The molecule has 1 aromatic rings. The number of ether oxygens (including phenoxy) is 2. The first-order chi connectivity index (χ1) is 7.60. The molecule has 88 valence electrons. The summed E-state index contributed by atoms with van der Waals surface area (Å²) in [5, 5.41) is 0. The van der Waals surface area contributed by atoms with E-state index >= 15 is 0 Å². The zero-order chi connectivity index (χ0) is 12.1. The lowest BCUT2D eigenvalue weighted by Crippen LogP contribution is -2.16. The largest absolute Gasteiger partial charge is 0.496 e. The summed E-state index contributed by atoms with van der Waals surface area (Å²) in [7, 11) is 1.49. The normalized spacial score (nSPS) is 11.9. The van der Waals surface area contributed by atoms with E-state index in [2.05, 4.69) is 0 Å². The van der Waals surface area contributed by atoms with Crippen LogP contribution in [0.15, 0.2) is 18.2 Å². The number of anilines is 1. The Morgan fingerprint density at radius 1 is 1.50 bits per heavy atom. The summed E-state index contributed by atoms with van der Waals surface area (Å²) >= 11 is 0. The first-order valence-corrected chi connectivity index (χ1v) is 5.23. The van der Waals surface area contributed by atoms with Gasteiger partial charge in [0.2, 0.25) is 0 Å². The van der Waals surface area contributed by atoms with Gasteiger partial charge in [-0.2, -0.15) is 0 Å². The Hall–Kier alpha value is -1.71. The minimum atomic E-state index is -0.440.